The molecule has 1 aromatic carbocycles. The van der Waals surface area contributed by atoms with Gasteiger partial charge in [-0.2, -0.15) is 0 Å². The maximum absolute atomic E-state index is 11.7. The topological polar surface area (TPSA) is 84.9 Å². The minimum absolute atomic E-state index is 0.107. The fraction of sp³-hybridized carbons (Fsp3) is 0.375. The van der Waals surface area contributed by atoms with Crippen LogP contribution in [-0.4, -0.2) is 35.9 Å². The zero-order chi connectivity index (χ0) is 16.1. The van der Waals surface area contributed by atoms with Gasteiger partial charge in [0.25, 0.3) is 0 Å². The van der Waals surface area contributed by atoms with Gasteiger partial charge >= 0.3 is 6.16 Å². The van der Waals surface area contributed by atoms with Crippen molar-refractivity contribution in [3.63, 3.8) is 0 Å². The molecule has 22 heavy (non-hydrogen) atoms. The standard InChI is InChI=1S/C16H19NO5/c1-10(8-18)14-13(15(19)17-14)11(2)22-16(20)21-9-12-6-4-3-5-7-12/h3-7,11,13-14,18H,1,8-9H2,2H3,(H,17,19)/t11-,13-,14-/m1/s1. The molecule has 1 aromatic rings. The normalized spacial score (nSPS) is 21.3. The summed E-state index contributed by atoms with van der Waals surface area (Å²) in [5.74, 6) is -0.785. The van der Waals surface area contributed by atoms with E-state index in [0.717, 1.165) is 5.56 Å². The van der Waals surface area contributed by atoms with Crippen LogP contribution in [0.2, 0.25) is 0 Å². The van der Waals surface area contributed by atoms with Gasteiger partial charge in [0, 0.05) is 0 Å². The minimum atomic E-state index is -0.829. The van der Waals surface area contributed by atoms with Gasteiger partial charge in [-0.1, -0.05) is 36.9 Å². The first-order chi connectivity index (χ1) is 10.5. The van der Waals surface area contributed by atoms with E-state index in [-0.39, 0.29) is 25.2 Å². The van der Waals surface area contributed by atoms with Crippen LogP contribution in [-0.2, 0) is 20.9 Å². The van der Waals surface area contributed by atoms with Crippen LogP contribution in [0.15, 0.2) is 42.5 Å². The molecule has 0 unspecified atom stereocenters. The molecule has 0 radical (unpaired) electrons. The van der Waals surface area contributed by atoms with Gasteiger partial charge < -0.3 is 19.9 Å². The van der Waals surface area contributed by atoms with Crippen LogP contribution in [0.25, 0.3) is 0 Å². The maximum atomic E-state index is 11.7. The number of aliphatic hydroxyl groups is 1. The second-order valence-electron chi connectivity index (χ2n) is 5.18. The second-order valence-corrected chi connectivity index (χ2v) is 5.18. The number of hydrogen-bond acceptors (Lipinski definition) is 5. The molecule has 1 aliphatic rings. The third-order valence-electron chi connectivity index (χ3n) is 3.59. The fourth-order valence-electron chi connectivity index (χ4n) is 2.31. The van der Waals surface area contributed by atoms with E-state index in [1.807, 2.05) is 30.3 Å². The second kappa shape index (κ2) is 7.09. The predicted octanol–water partition coefficient (Wildman–Crippen LogP) is 1.39. The Morgan fingerprint density at radius 2 is 2.09 bits per heavy atom. The molecule has 6 nitrogen and oxygen atoms in total. The largest absolute Gasteiger partial charge is 0.508 e. The highest BCUT2D eigenvalue weighted by atomic mass is 16.7. The summed E-state index contributed by atoms with van der Waals surface area (Å²) in [6.07, 6.45) is -1.49. The maximum Gasteiger partial charge on any atom is 0.508 e. The van der Waals surface area contributed by atoms with Crippen molar-refractivity contribution < 1.29 is 24.2 Å². The van der Waals surface area contributed by atoms with Gasteiger partial charge in [0.2, 0.25) is 5.91 Å². The number of carbonyl (C=O) groups is 2. The Hall–Kier alpha value is -2.34. The first-order valence-electron chi connectivity index (χ1n) is 6.99. The first-order valence-corrected chi connectivity index (χ1v) is 6.99. The van der Waals surface area contributed by atoms with Crippen LogP contribution < -0.4 is 5.32 Å². The predicted molar refractivity (Wildman–Crippen MR) is 78.8 cm³/mol. The van der Waals surface area contributed by atoms with Crippen molar-refractivity contribution in [2.45, 2.75) is 25.7 Å². The summed E-state index contributed by atoms with van der Waals surface area (Å²) in [7, 11) is 0. The van der Waals surface area contributed by atoms with E-state index < -0.39 is 18.2 Å². The SMILES string of the molecule is C=C(CO)[C@H]1NC(=O)[C@@H]1[C@@H](C)OC(=O)OCc1ccccc1. The number of ether oxygens (including phenoxy) is 2. The number of benzene rings is 1. The van der Waals surface area contributed by atoms with Crippen molar-refractivity contribution in [2.75, 3.05) is 6.61 Å². The lowest BCUT2D eigenvalue weighted by Gasteiger charge is -2.40. The molecule has 0 spiro atoms. The number of β-lactam (4-membered cyclic amide) rings is 1. The quantitative estimate of drug-likeness (QED) is 0.471. The Kier molecular flexibility index (Phi) is 5.16. The summed E-state index contributed by atoms with van der Waals surface area (Å²) >= 11 is 0. The van der Waals surface area contributed by atoms with Crippen molar-refractivity contribution in [1.82, 2.24) is 5.32 Å². The Balaban J connectivity index is 1.83. The zero-order valence-corrected chi connectivity index (χ0v) is 12.3. The third kappa shape index (κ3) is 3.65. The van der Waals surface area contributed by atoms with Crippen molar-refractivity contribution in [1.29, 1.82) is 0 Å². The molecule has 1 amide bonds. The molecule has 1 aliphatic heterocycles. The lowest BCUT2D eigenvalue weighted by molar-refractivity contribution is -0.140. The van der Waals surface area contributed by atoms with Crippen LogP contribution in [0.1, 0.15) is 12.5 Å². The first kappa shape index (κ1) is 16.0. The van der Waals surface area contributed by atoms with Crippen LogP contribution in [0.4, 0.5) is 4.79 Å². The van der Waals surface area contributed by atoms with Crippen molar-refractivity contribution >= 4 is 12.1 Å². The summed E-state index contributed by atoms with van der Waals surface area (Å²) in [6.45, 7) is 5.17. The van der Waals surface area contributed by atoms with E-state index in [1.165, 1.54) is 0 Å². The Morgan fingerprint density at radius 1 is 1.41 bits per heavy atom. The summed E-state index contributed by atoms with van der Waals surface area (Å²) < 4.78 is 10.1. The van der Waals surface area contributed by atoms with Crippen molar-refractivity contribution in [2.24, 2.45) is 5.92 Å². The van der Waals surface area contributed by atoms with Crippen molar-refractivity contribution in [3.05, 3.63) is 48.0 Å². The van der Waals surface area contributed by atoms with Gasteiger partial charge in [0.05, 0.1) is 18.6 Å². The van der Waals surface area contributed by atoms with E-state index >= 15 is 0 Å². The lowest BCUT2D eigenvalue weighted by atomic mass is 9.82. The van der Waals surface area contributed by atoms with Crippen molar-refractivity contribution in [3.8, 4) is 0 Å². The van der Waals surface area contributed by atoms with Gasteiger partial charge in [0.15, 0.2) is 0 Å². The van der Waals surface area contributed by atoms with Crippen LogP contribution in [0.3, 0.4) is 0 Å². The summed E-state index contributed by atoms with van der Waals surface area (Å²) in [5.41, 5.74) is 1.33. The average Bonchev–Trinajstić information content (AvgIpc) is 2.50. The summed E-state index contributed by atoms with van der Waals surface area (Å²) in [5, 5.41) is 11.7. The van der Waals surface area contributed by atoms with Crippen LogP contribution in [0, 0.1) is 5.92 Å². The molecule has 2 rings (SSSR count). The Morgan fingerprint density at radius 3 is 2.68 bits per heavy atom. The number of carbonyl (C=O) groups excluding carboxylic acids is 2. The molecular weight excluding hydrogens is 286 g/mol. The van der Waals surface area contributed by atoms with Crippen LogP contribution >= 0.6 is 0 Å². The summed E-state index contributed by atoms with van der Waals surface area (Å²) in [6, 6.07) is 8.84. The number of hydrogen-bond donors (Lipinski definition) is 2. The number of rotatable bonds is 6. The van der Waals surface area contributed by atoms with Gasteiger partial charge in [-0.05, 0) is 18.1 Å². The number of nitrogens with one attached hydrogen (secondary N) is 1. The highest BCUT2D eigenvalue weighted by Crippen LogP contribution is 2.26. The van der Waals surface area contributed by atoms with Crippen LogP contribution in [0.5, 0.6) is 0 Å². The number of amides is 1. The van der Waals surface area contributed by atoms with Gasteiger partial charge in [-0.15, -0.1) is 0 Å². The molecule has 1 fully saturated rings. The smallest absolute Gasteiger partial charge is 0.430 e. The molecule has 1 saturated heterocycles. The lowest BCUT2D eigenvalue weighted by Crippen LogP contribution is -2.63. The highest BCUT2D eigenvalue weighted by Gasteiger charge is 2.45. The average molecular weight is 305 g/mol. The van der Waals surface area contributed by atoms with E-state index in [1.54, 1.807) is 6.92 Å². The van der Waals surface area contributed by atoms with Gasteiger partial charge in [-0.3, -0.25) is 4.79 Å². The monoisotopic (exact) mass is 305 g/mol. The molecule has 0 aliphatic carbocycles. The van der Waals surface area contributed by atoms with Gasteiger partial charge in [0.1, 0.15) is 12.7 Å². The fourth-order valence-corrected chi connectivity index (χ4v) is 2.31. The highest BCUT2D eigenvalue weighted by molar-refractivity contribution is 5.88. The Bertz CT molecular complexity index is 557. The van der Waals surface area contributed by atoms with E-state index in [0.29, 0.717) is 5.57 Å². The zero-order valence-electron chi connectivity index (χ0n) is 12.3. The Labute approximate surface area is 128 Å². The molecule has 0 saturated carbocycles. The molecule has 0 bridgehead atoms. The molecule has 0 aromatic heterocycles. The number of aliphatic hydroxyl groups excluding tert-OH is 1. The molecule has 6 heteroatoms. The van der Waals surface area contributed by atoms with E-state index in [9.17, 15) is 9.59 Å². The molecule has 2 N–H and O–H groups in total. The third-order valence-corrected chi connectivity index (χ3v) is 3.59. The van der Waals surface area contributed by atoms with E-state index in [2.05, 4.69) is 11.9 Å². The molecule has 3 atom stereocenters. The molecule has 1 heterocycles. The van der Waals surface area contributed by atoms with Gasteiger partial charge in [-0.25, -0.2) is 4.79 Å². The summed E-state index contributed by atoms with van der Waals surface area (Å²) in [4.78, 5) is 23.3. The molecule has 118 valence electrons. The van der Waals surface area contributed by atoms with E-state index in [4.69, 9.17) is 14.6 Å². The molecular formula is C16H19NO5. The minimum Gasteiger partial charge on any atom is -0.430 e.